The molecule has 1 aliphatic carbocycles. The summed E-state index contributed by atoms with van der Waals surface area (Å²) in [6, 6.07) is 9.88. The largest absolute Gasteiger partial charge is 0.385 e. The number of benzene rings is 2. The fourth-order valence-electron chi connectivity index (χ4n) is 5.10. The fraction of sp³-hybridized carbons (Fsp3) is 0.519. The van der Waals surface area contributed by atoms with Gasteiger partial charge in [0.25, 0.3) is 0 Å². The quantitative estimate of drug-likeness (QED) is 0.468. The van der Waals surface area contributed by atoms with Gasteiger partial charge in [-0.15, -0.1) is 0 Å². The second-order valence-electron chi connectivity index (χ2n) is 9.45. The highest BCUT2D eigenvalue weighted by molar-refractivity contribution is 6.31. The van der Waals surface area contributed by atoms with E-state index >= 15 is 0 Å². The molecule has 8 heteroatoms. The number of halogens is 3. The van der Waals surface area contributed by atoms with E-state index in [1.807, 2.05) is 17.0 Å². The SMILES string of the molecule is COCCCc1ccc(Cl)c(CN(C(=O)[C@H]2CNCC[C@]2(OC)c2ccc(F)c(F)c2)C2CC2)c1. The normalized spacial score (nSPS) is 22.3. The first-order valence-corrected chi connectivity index (χ1v) is 12.6. The fourth-order valence-corrected chi connectivity index (χ4v) is 5.27. The van der Waals surface area contributed by atoms with Crippen LogP contribution in [0.3, 0.4) is 0 Å². The lowest BCUT2D eigenvalue weighted by molar-refractivity contribution is -0.155. The van der Waals surface area contributed by atoms with E-state index in [2.05, 4.69) is 11.4 Å². The monoisotopic (exact) mass is 506 g/mol. The summed E-state index contributed by atoms with van der Waals surface area (Å²) in [6.07, 6.45) is 4.11. The predicted molar refractivity (Wildman–Crippen MR) is 131 cm³/mol. The number of methoxy groups -OCH3 is 2. The molecule has 0 unspecified atom stereocenters. The van der Waals surface area contributed by atoms with E-state index < -0.39 is 23.2 Å². The summed E-state index contributed by atoms with van der Waals surface area (Å²) in [5.74, 6) is -2.52. The molecule has 0 spiro atoms. The average Bonchev–Trinajstić information content (AvgIpc) is 3.71. The van der Waals surface area contributed by atoms with Crippen molar-refractivity contribution in [2.45, 2.75) is 50.3 Å². The lowest BCUT2D eigenvalue weighted by Crippen LogP contribution is -2.56. The number of carbonyl (C=O) groups is 1. The Morgan fingerprint density at radius 2 is 1.97 bits per heavy atom. The van der Waals surface area contributed by atoms with Crippen molar-refractivity contribution in [3.8, 4) is 0 Å². The number of carbonyl (C=O) groups excluding carboxylic acids is 1. The number of aryl methyl sites for hydroxylation is 1. The Hall–Kier alpha value is -2.06. The minimum atomic E-state index is -1.05. The average molecular weight is 507 g/mol. The maximum absolute atomic E-state index is 14.2. The Kier molecular flexibility index (Phi) is 8.42. The lowest BCUT2D eigenvalue weighted by Gasteiger charge is -2.44. The molecule has 1 N–H and O–H groups in total. The van der Waals surface area contributed by atoms with E-state index in [0.29, 0.717) is 43.2 Å². The van der Waals surface area contributed by atoms with E-state index in [-0.39, 0.29) is 11.9 Å². The highest BCUT2D eigenvalue weighted by atomic mass is 35.5. The molecular formula is C27H33ClF2N2O3. The number of amides is 1. The number of piperidine rings is 1. The van der Waals surface area contributed by atoms with Crippen LogP contribution in [0.2, 0.25) is 5.02 Å². The molecule has 2 aliphatic rings. The number of hydrogen-bond donors (Lipinski definition) is 1. The Morgan fingerprint density at radius 1 is 1.17 bits per heavy atom. The molecule has 1 aliphatic heterocycles. The second-order valence-corrected chi connectivity index (χ2v) is 9.86. The van der Waals surface area contributed by atoms with E-state index in [1.165, 1.54) is 13.2 Å². The van der Waals surface area contributed by atoms with Crippen LogP contribution in [-0.4, -0.2) is 50.8 Å². The number of ether oxygens (including phenoxy) is 2. The van der Waals surface area contributed by atoms with Gasteiger partial charge in [-0.3, -0.25) is 4.79 Å². The molecule has 1 saturated heterocycles. The first kappa shape index (κ1) is 26.0. The summed E-state index contributed by atoms with van der Waals surface area (Å²) in [6.45, 7) is 2.08. The molecule has 1 heterocycles. The number of nitrogens with zero attached hydrogens (tertiary/aromatic N) is 1. The van der Waals surface area contributed by atoms with Crippen LogP contribution in [0.15, 0.2) is 36.4 Å². The number of hydrogen-bond acceptors (Lipinski definition) is 4. The molecule has 2 fully saturated rings. The van der Waals surface area contributed by atoms with Gasteiger partial charge in [0.2, 0.25) is 5.91 Å². The van der Waals surface area contributed by atoms with E-state index in [0.717, 1.165) is 48.9 Å². The zero-order valence-corrected chi connectivity index (χ0v) is 21.0. The molecule has 1 amide bonds. The summed E-state index contributed by atoms with van der Waals surface area (Å²) in [5, 5.41) is 3.92. The first-order valence-electron chi connectivity index (χ1n) is 12.2. The third kappa shape index (κ3) is 5.69. The van der Waals surface area contributed by atoms with Crippen LogP contribution in [0, 0.1) is 17.6 Å². The van der Waals surface area contributed by atoms with Gasteiger partial charge in [-0.2, -0.15) is 0 Å². The van der Waals surface area contributed by atoms with Gasteiger partial charge < -0.3 is 19.7 Å². The van der Waals surface area contributed by atoms with Gasteiger partial charge in [0.05, 0.1) is 5.92 Å². The van der Waals surface area contributed by atoms with E-state index in [4.69, 9.17) is 21.1 Å². The van der Waals surface area contributed by atoms with Crippen molar-refractivity contribution in [2.75, 3.05) is 33.9 Å². The molecule has 0 aromatic heterocycles. The first-order chi connectivity index (χ1) is 16.9. The summed E-state index contributed by atoms with van der Waals surface area (Å²) < 4.78 is 39.0. The Balaban J connectivity index is 1.62. The summed E-state index contributed by atoms with van der Waals surface area (Å²) >= 11 is 6.55. The van der Waals surface area contributed by atoms with Crippen molar-refractivity contribution in [2.24, 2.45) is 5.92 Å². The summed E-state index contributed by atoms with van der Waals surface area (Å²) in [7, 11) is 3.22. The van der Waals surface area contributed by atoms with Crippen molar-refractivity contribution < 1.29 is 23.0 Å². The maximum atomic E-state index is 14.2. The molecule has 5 nitrogen and oxygen atoms in total. The van der Waals surface area contributed by atoms with Crippen LogP contribution in [0.5, 0.6) is 0 Å². The van der Waals surface area contributed by atoms with Crippen LogP contribution in [0.25, 0.3) is 0 Å². The molecule has 0 bridgehead atoms. The van der Waals surface area contributed by atoms with Crippen molar-refractivity contribution in [1.29, 1.82) is 0 Å². The molecule has 0 radical (unpaired) electrons. The van der Waals surface area contributed by atoms with Gasteiger partial charge in [-0.05, 0) is 73.5 Å². The van der Waals surface area contributed by atoms with Crippen LogP contribution in [-0.2, 0) is 32.8 Å². The van der Waals surface area contributed by atoms with Crippen molar-refractivity contribution in [3.63, 3.8) is 0 Å². The Morgan fingerprint density at radius 3 is 2.66 bits per heavy atom. The van der Waals surface area contributed by atoms with Gasteiger partial charge in [0, 0.05) is 45.0 Å². The number of nitrogens with one attached hydrogen (secondary N) is 1. The molecule has 2 aromatic rings. The molecule has 1 saturated carbocycles. The summed E-state index contributed by atoms with van der Waals surface area (Å²) in [5.41, 5.74) is 1.49. The predicted octanol–water partition coefficient (Wildman–Crippen LogP) is 4.84. The minimum Gasteiger partial charge on any atom is -0.385 e. The van der Waals surface area contributed by atoms with Gasteiger partial charge in [-0.1, -0.05) is 29.8 Å². The van der Waals surface area contributed by atoms with Crippen LogP contribution < -0.4 is 5.32 Å². The maximum Gasteiger partial charge on any atom is 0.230 e. The third-order valence-electron chi connectivity index (χ3n) is 7.19. The zero-order valence-electron chi connectivity index (χ0n) is 20.3. The Labute approximate surface area is 210 Å². The van der Waals surface area contributed by atoms with Crippen molar-refractivity contribution in [1.82, 2.24) is 10.2 Å². The molecule has 2 atom stereocenters. The summed E-state index contributed by atoms with van der Waals surface area (Å²) in [4.78, 5) is 16.0. The standard InChI is InChI=1S/C27H33ClF2N2O3/c1-34-13-3-4-18-5-9-23(28)19(14-18)17-32(21-7-8-21)26(33)22-16-31-12-11-27(22,35-2)20-6-10-24(29)25(30)15-20/h5-6,9-10,14-15,21-22,31H,3-4,7-8,11-13,16-17H2,1-2H3/t22-,27+/m1/s1. The van der Waals surface area contributed by atoms with Crippen molar-refractivity contribution >= 4 is 17.5 Å². The van der Waals surface area contributed by atoms with Gasteiger partial charge in [0.15, 0.2) is 11.6 Å². The molecule has 190 valence electrons. The smallest absolute Gasteiger partial charge is 0.230 e. The highest BCUT2D eigenvalue weighted by Crippen LogP contribution is 2.42. The second kappa shape index (κ2) is 11.3. The van der Waals surface area contributed by atoms with Gasteiger partial charge in [0.1, 0.15) is 5.60 Å². The van der Waals surface area contributed by atoms with E-state index in [1.54, 1.807) is 7.11 Å². The van der Waals surface area contributed by atoms with Gasteiger partial charge in [-0.25, -0.2) is 8.78 Å². The topological polar surface area (TPSA) is 50.8 Å². The van der Waals surface area contributed by atoms with E-state index in [9.17, 15) is 13.6 Å². The van der Waals surface area contributed by atoms with Crippen LogP contribution in [0.1, 0.15) is 42.4 Å². The molecular weight excluding hydrogens is 474 g/mol. The Bertz CT molecular complexity index is 1050. The minimum absolute atomic E-state index is 0.0628. The van der Waals surface area contributed by atoms with Crippen LogP contribution in [0.4, 0.5) is 8.78 Å². The number of rotatable bonds is 10. The van der Waals surface area contributed by atoms with Crippen molar-refractivity contribution in [3.05, 3.63) is 69.7 Å². The van der Waals surface area contributed by atoms with Crippen LogP contribution >= 0.6 is 11.6 Å². The highest BCUT2D eigenvalue weighted by Gasteiger charge is 2.50. The zero-order chi connectivity index (χ0) is 25.0. The molecule has 2 aromatic carbocycles. The molecule has 35 heavy (non-hydrogen) atoms. The molecule has 4 rings (SSSR count). The third-order valence-corrected chi connectivity index (χ3v) is 7.56. The van der Waals surface area contributed by atoms with Gasteiger partial charge >= 0.3 is 0 Å². The lowest BCUT2D eigenvalue weighted by atomic mass is 9.75.